The minimum Gasteiger partial charge on any atom is -0.307 e. The van der Waals surface area contributed by atoms with E-state index in [4.69, 9.17) is 0 Å². The quantitative estimate of drug-likeness (QED) is 0.718. The maximum Gasteiger partial charge on any atom is 0.0359 e. The van der Waals surface area contributed by atoms with Gasteiger partial charge in [0.25, 0.3) is 0 Å². The summed E-state index contributed by atoms with van der Waals surface area (Å²) in [7, 11) is 0. The maximum atomic E-state index is 3.94. The summed E-state index contributed by atoms with van der Waals surface area (Å²) >= 11 is 0. The number of rotatable bonds is 6. The molecule has 0 amide bonds. The van der Waals surface area contributed by atoms with Gasteiger partial charge in [0.05, 0.1) is 0 Å². The van der Waals surface area contributed by atoms with Gasteiger partial charge in [-0.1, -0.05) is 68.0 Å². The molecule has 0 fully saturated rings. The van der Waals surface area contributed by atoms with Crippen LogP contribution in [0.4, 0.5) is 0 Å². The molecule has 1 nitrogen and oxygen atoms in total. The van der Waals surface area contributed by atoms with Crippen LogP contribution in [0, 0.1) is 0 Å². The van der Waals surface area contributed by atoms with Gasteiger partial charge in [-0.25, -0.2) is 0 Å². The highest BCUT2D eigenvalue weighted by Gasteiger charge is 2.12. The molecule has 0 saturated carbocycles. The Kier molecular flexibility index (Phi) is 5.87. The van der Waals surface area contributed by atoms with E-state index in [9.17, 15) is 0 Å². The van der Waals surface area contributed by atoms with Crippen LogP contribution >= 0.6 is 0 Å². The van der Waals surface area contributed by atoms with Gasteiger partial charge in [0.15, 0.2) is 0 Å². The minimum atomic E-state index is 0.377. The molecular weight excluding hydrogens is 218 g/mol. The van der Waals surface area contributed by atoms with Crippen LogP contribution in [0.5, 0.6) is 0 Å². The smallest absolute Gasteiger partial charge is 0.0359 e. The lowest BCUT2D eigenvalue weighted by molar-refractivity contribution is 0.473. The van der Waals surface area contributed by atoms with Crippen LogP contribution in [-0.2, 0) is 0 Å². The van der Waals surface area contributed by atoms with Gasteiger partial charge in [0.2, 0.25) is 0 Å². The molecule has 0 unspecified atom stereocenters. The van der Waals surface area contributed by atoms with E-state index in [1.165, 1.54) is 11.1 Å². The summed E-state index contributed by atoms with van der Waals surface area (Å²) in [4.78, 5) is 0. The first kappa shape index (κ1) is 14.7. The largest absolute Gasteiger partial charge is 0.307 e. The lowest BCUT2D eigenvalue weighted by Crippen LogP contribution is -2.28. The van der Waals surface area contributed by atoms with Crippen LogP contribution in [0.2, 0.25) is 0 Å². The molecule has 0 heterocycles. The molecule has 1 rings (SSSR count). The molecule has 1 heteroatoms. The van der Waals surface area contributed by atoms with Gasteiger partial charge in [-0.2, -0.15) is 0 Å². The van der Waals surface area contributed by atoms with Crippen molar-refractivity contribution in [2.24, 2.45) is 0 Å². The van der Waals surface area contributed by atoms with Crippen LogP contribution in [0.1, 0.15) is 45.7 Å². The molecule has 0 saturated heterocycles. The molecule has 0 radical (unpaired) electrons. The number of allylic oxidation sites excluding steroid dienone is 2. The molecule has 1 atom stereocenters. The first-order chi connectivity index (χ1) is 8.49. The first-order valence-corrected chi connectivity index (χ1v) is 6.62. The van der Waals surface area contributed by atoms with Gasteiger partial charge >= 0.3 is 0 Å². The fraction of sp³-hybridized carbons (Fsp3) is 0.412. The van der Waals surface area contributed by atoms with Crippen molar-refractivity contribution in [1.29, 1.82) is 0 Å². The van der Waals surface area contributed by atoms with E-state index >= 15 is 0 Å². The molecule has 0 aliphatic heterocycles. The molecule has 0 aliphatic carbocycles. The van der Waals surface area contributed by atoms with Crippen LogP contribution in [-0.4, -0.2) is 6.04 Å². The Morgan fingerprint density at radius 1 is 1.22 bits per heavy atom. The summed E-state index contributed by atoms with van der Waals surface area (Å²) in [5.41, 5.74) is 3.83. The van der Waals surface area contributed by atoms with Crippen molar-refractivity contribution < 1.29 is 0 Å². The first-order valence-electron chi connectivity index (χ1n) is 6.62. The Bertz CT molecular complexity index is 401. The van der Waals surface area contributed by atoms with E-state index in [1.54, 1.807) is 0 Å². The lowest BCUT2D eigenvalue weighted by atomic mass is 9.98. The van der Waals surface area contributed by atoms with Crippen LogP contribution in [0.3, 0.4) is 0 Å². The molecular formula is C17H25N. The molecule has 0 bridgehead atoms. The molecule has 1 aromatic rings. The Balaban J connectivity index is 2.83. The highest BCUT2D eigenvalue weighted by Crippen LogP contribution is 2.22. The predicted molar refractivity (Wildman–Crippen MR) is 80.6 cm³/mol. The zero-order valence-corrected chi connectivity index (χ0v) is 12.0. The zero-order valence-electron chi connectivity index (χ0n) is 12.0. The van der Waals surface area contributed by atoms with Gasteiger partial charge in [0.1, 0.15) is 0 Å². The fourth-order valence-electron chi connectivity index (χ4n) is 2.16. The SMILES string of the molecule is C=C(C)/C=C(\C)C[C@H](NC(C)C)c1ccccc1. The van der Waals surface area contributed by atoms with Gasteiger partial charge < -0.3 is 5.32 Å². The third-order valence-corrected chi connectivity index (χ3v) is 2.76. The van der Waals surface area contributed by atoms with Crippen molar-refractivity contribution in [2.45, 2.75) is 46.2 Å². The fourth-order valence-corrected chi connectivity index (χ4v) is 2.16. The molecule has 98 valence electrons. The van der Waals surface area contributed by atoms with E-state index < -0.39 is 0 Å². The Hall–Kier alpha value is -1.34. The monoisotopic (exact) mass is 243 g/mol. The second-order valence-corrected chi connectivity index (χ2v) is 5.33. The lowest BCUT2D eigenvalue weighted by Gasteiger charge is -2.22. The molecule has 0 aliphatic rings. The van der Waals surface area contributed by atoms with E-state index in [-0.39, 0.29) is 0 Å². The Morgan fingerprint density at radius 2 is 1.83 bits per heavy atom. The minimum absolute atomic E-state index is 0.377. The van der Waals surface area contributed by atoms with Crippen molar-refractivity contribution in [2.75, 3.05) is 0 Å². The standard InChI is InChI=1S/C17H25N/c1-13(2)11-15(5)12-17(18-14(3)4)16-9-7-6-8-10-16/h6-11,14,17-18H,1,12H2,2-5H3/b15-11+/t17-/m0/s1. The highest BCUT2D eigenvalue weighted by molar-refractivity contribution is 5.23. The zero-order chi connectivity index (χ0) is 13.5. The topological polar surface area (TPSA) is 12.0 Å². The van der Waals surface area contributed by atoms with Gasteiger partial charge in [-0.15, -0.1) is 0 Å². The summed E-state index contributed by atoms with van der Waals surface area (Å²) < 4.78 is 0. The molecule has 0 aromatic heterocycles. The average Bonchev–Trinajstić information content (AvgIpc) is 2.27. The average molecular weight is 243 g/mol. The van der Waals surface area contributed by atoms with E-state index in [0.717, 1.165) is 12.0 Å². The molecule has 0 spiro atoms. The predicted octanol–water partition coefficient (Wildman–Crippen LogP) is 4.64. The van der Waals surface area contributed by atoms with Crippen molar-refractivity contribution in [3.05, 3.63) is 59.7 Å². The van der Waals surface area contributed by atoms with Crippen LogP contribution < -0.4 is 5.32 Å². The van der Waals surface area contributed by atoms with Crippen LogP contribution in [0.15, 0.2) is 54.1 Å². The van der Waals surface area contributed by atoms with E-state index in [0.29, 0.717) is 12.1 Å². The highest BCUT2D eigenvalue weighted by atomic mass is 14.9. The second kappa shape index (κ2) is 7.17. The second-order valence-electron chi connectivity index (χ2n) is 5.33. The number of hydrogen-bond acceptors (Lipinski definition) is 1. The third-order valence-electron chi connectivity index (χ3n) is 2.76. The number of nitrogens with one attached hydrogen (secondary N) is 1. The number of benzene rings is 1. The maximum absolute atomic E-state index is 3.94. The van der Waals surface area contributed by atoms with Crippen molar-refractivity contribution in [3.8, 4) is 0 Å². The molecule has 1 aromatic carbocycles. The van der Waals surface area contributed by atoms with Crippen molar-refractivity contribution in [3.63, 3.8) is 0 Å². The summed E-state index contributed by atoms with van der Waals surface area (Å²) in [6, 6.07) is 11.5. The van der Waals surface area contributed by atoms with E-state index in [2.05, 4.69) is 69.1 Å². The van der Waals surface area contributed by atoms with Gasteiger partial charge in [0, 0.05) is 12.1 Å². The summed E-state index contributed by atoms with van der Waals surface area (Å²) in [5.74, 6) is 0. The van der Waals surface area contributed by atoms with Gasteiger partial charge in [-0.3, -0.25) is 0 Å². The molecule has 1 N–H and O–H groups in total. The normalized spacial score (nSPS) is 13.7. The summed E-state index contributed by atoms with van der Waals surface area (Å²) in [6.45, 7) is 12.5. The summed E-state index contributed by atoms with van der Waals surface area (Å²) in [6.07, 6.45) is 3.19. The number of hydrogen-bond donors (Lipinski definition) is 1. The van der Waals surface area contributed by atoms with Crippen molar-refractivity contribution in [1.82, 2.24) is 5.32 Å². The van der Waals surface area contributed by atoms with E-state index in [1.807, 2.05) is 6.92 Å². The Labute approximate surface area is 112 Å². The Morgan fingerprint density at radius 3 is 2.33 bits per heavy atom. The van der Waals surface area contributed by atoms with Crippen LogP contribution in [0.25, 0.3) is 0 Å². The van der Waals surface area contributed by atoms with Gasteiger partial charge in [-0.05, 0) is 25.8 Å². The summed E-state index contributed by atoms with van der Waals surface area (Å²) in [5, 5.41) is 3.63. The van der Waals surface area contributed by atoms with Crippen molar-refractivity contribution >= 4 is 0 Å². The third kappa shape index (κ3) is 5.33. The molecule has 18 heavy (non-hydrogen) atoms.